The first-order chi connectivity index (χ1) is 6.65. The summed E-state index contributed by atoms with van der Waals surface area (Å²) in [7, 11) is 0. The fourth-order valence-electron chi connectivity index (χ4n) is 1.72. The first kappa shape index (κ1) is 8.70. The van der Waals surface area contributed by atoms with E-state index in [2.05, 4.69) is 0 Å². The van der Waals surface area contributed by atoms with Gasteiger partial charge in [0, 0.05) is 12.0 Å². The van der Waals surface area contributed by atoms with Gasteiger partial charge < -0.3 is 5.73 Å². The highest BCUT2D eigenvalue weighted by Gasteiger charge is 2.26. The number of aryl methyl sites for hydroxylation is 1. The summed E-state index contributed by atoms with van der Waals surface area (Å²) >= 11 is 0. The monoisotopic (exact) mass is 190 g/mol. The minimum Gasteiger partial charge on any atom is -0.395 e. The number of nitrogen functional groups attached to an aromatic ring is 1. The summed E-state index contributed by atoms with van der Waals surface area (Å²) in [4.78, 5) is 11.4. The van der Waals surface area contributed by atoms with Gasteiger partial charge in [-0.25, -0.2) is 4.39 Å². The van der Waals surface area contributed by atoms with E-state index >= 15 is 0 Å². The summed E-state index contributed by atoms with van der Waals surface area (Å²) in [6.45, 7) is 0. The zero-order valence-corrected chi connectivity index (χ0v) is 7.30. The third-order valence-corrected chi connectivity index (χ3v) is 2.41. The molecule has 0 saturated heterocycles. The second-order valence-electron chi connectivity index (χ2n) is 3.22. The van der Waals surface area contributed by atoms with Crippen LogP contribution in [0.2, 0.25) is 0 Å². The van der Waals surface area contributed by atoms with Crippen molar-refractivity contribution in [1.82, 2.24) is 0 Å². The number of rotatable bonds is 0. The van der Waals surface area contributed by atoms with Crippen LogP contribution in [-0.2, 0) is 6.42 Å². The van der Waals surface area contributed by atoms with E-state index in [1.165, 1.54) is 6.07 Å². The Morgan fingerprint density at radius 3 is 2.86 bits per heavy atom. The minimum absolute atomic E-state index is 0.0116. The molecule has 0 unspecified atom stereocenters. The largest absolute Gasteiger partial charge is 0.395 e. The quantitative estimate of drug-likeness (QED) is 0.629. The number of anilines is 1. The van der Waals surface area contributed by atoms with E-state index < -0.39 is 5.82 Å². The number of carbonyl (C=O) groups excluding carboxylic acids is 1. The van der Waals surface area contributed by atoms with Crippen molar-refractivity contribution in [3.05, 3.63) is 28.6 Å². The molecule has 70 valence electrons. The van der Waals surface area contributed by atoms with Crippen LogP contribution >= 0.6 is 0 Å². The SMILES string of the molecule is N#Cc1c(N)c(F)cc2c1C(=O)CC2. The standard InChI is InChI=1S/C10H7FN2O/c11-7-3-5-1-2-8(14)9(5)6(4-12)10(7)13/h3H,1-2,13H2. The number of hydrogen-bond donors (Lipinski definition) is 1. The van der Waals surface area contributed by atoms with Crippen molar-refractivity contribution in [2.45, 2.75) is 12.8 Å². The van der Waals surface area contributed by atoms with E-state index in [1.807, 2.05) is 0 Å². The molecule has 14 heavy (non-hydrogen) atoms. The minimum atomic E-state index is -0.616. The molecule has 3 nitrogen and oxygen atoms in total. The molecule has 0 aromatic heterocycles. The van der Waals surface area contributed by atoms with Crippen molar-refractivity contribution >= 4 is 11.5 Å². The van der Waals surface area contributed by atoms with Crippen molar-refractivity contribution in [3.63, 3.8) is 0 Å². The zero-order valence-electron chi connectivity index (χ0n) is 7.30. The first-order valence-corrected chi connectivity index (χ1v) is 4.19. The van der Waals surface area contributed by atoms with Crippen LogP contribution in [0.4, 0.5) is 10.1 Å². The topological polar surface area (TPSA) is 66.9 Å². The average Bonchev–Trinajstić information content (AvgIpc) is 2.50. The molecule has 0 radical (unpaired) electrons. The summed E-state index contributed by atoms with van der Waals surface area (Å²) < 4.78 is 13.2. The third kappa shape index (κ3) is 0.990. The number of Topliss-reactive ketones (excluding diaryl/α,β-unsaturated/α-hetero) is 1. The predicted molar refractivity (Wildman–Crippen MR) is 48.2 cm³/mol. The molecule has 0 atom stereocenters. The molecule has 2 N–H and O–H groups in total. The van der Waals surface area contributed by atoms with Crippen LogP contribution in [0.15, 0.2) is 6.07 Å². The maximum Gasteiger partial charge on any atom is 0.164 e. The summed E-state index contributed by atoms with van der Waals surface area (Å²) in [6, 6.07) is 3.03. The maximum atomic E-state index is 13.2. The van der Waals surface area contributed by atoms with Crippen LogP contribution in [0.5, 0.6) is 0 Å². The molecule has 0 bridgehead atoms. The normalized spacial score (nSPS) is 13.9. The molecular weight excluding hydrogens is 183 g/mol. The van der Waals surface area contributed by atoms with Gasteiger partial charge in [-0.05, 0) is 18.1 Å². The van der Waals surface area contributed by atoms with Crippen molar-refractivity contribution in [2.75, 3.05) is 5.73 Å². The highest BCUT2D eigenvalue weighted by atomic mass is 19.1. The highest BCUT2D eigenvalue weighted by molar-refractivity contribution is 6.03. The van der Waals surface area contributed by atoms with Gasteiger partial charge in [-0.2, -0.15) is 5.26 Å². The maximum absolute atomic E-state index is 13.2. The average molecular weight is 190 g/mol. The van der Waals surface area contributed by atoms with E-state index in [-0.39, 0.29) is 17.0 Å². The number of ketones is 1. The highest BCUT2D eigenvalue weighted by Crippen LogP contribution is 2.30. The van der Waals surface area contributed by atoms with E-state index in [0.29, 0.717) is 24.0 Å². The van der Waals surface area contributed by atoms with E-state index in [9.17, 15) is 9.18 Å². The number of fused-ring (bicyclic) bond motifs is 1. The number of nitrogens with zero attached hydrogens (tertiary/aromatic N) is 1. The Morgan fingerprint density at radius 1 is 1.50 bits per heavy atom. The van der Waals surface area contributed by atoms with Crippen LogP contribution in [0.3, 0.4) is 0 Å². The lowest BCUT2D eigenvalue weighted by Crippen LogP contribution is -2.03. The van der Waals surface area contributed by atoms with E-state index in [0.717, 1.165) is 0 Å². The Morgan fingerprint density at radius 2 is 2.21 bits per heavy atom. The van der Waals surface area contributed by atoms with Crippen molar-refractivity contribution in [2.24, 2.45) is 0 Å². The van der Waals surface area contributed by atoms with Gasteiger partial charge in [0.2, 0.25) is 0 Å². The molecule has 4 heteroatoms. The summed E-state index contributed by atoms with van der Waals surface area (Å²) in [5, 5.41) is 8.78. The van der Waals surface area contributed by atoms with E-state index in [4.69, 9.17) is 11.0 Å². The van der Waals surface area contributed by atoms with Gasteiger partial charge in [-0.3, -0.25) is 4.79 Å². The van der Waals surface area contributed by atoms with Crippen LogP contribution in [-0.4, -0.2) is 5.78 Å². The number of benzene rings is 1. The van der Waals surface area contributed by atoms with Crippen LogP contribution < -0.4 is 5.73 Å². The number of nitriles is 1. The fourth-order valence-corrected chi connectivity index (χ4v) is 1.72. The first-order valence-electron chi connectivity index (χ1n) is 4.19. The summed E-state index contributed by atoms with van der Waals surface area (Å²) in [5.74, 6) is -0.738. The van der Waals surface area contributed by atoms with Crippen LogP contribution in [0, 0.1) is 17.1 Å². The lowest BCUT2D eigenvalue weighted by atomic mass is 10.0. The molecule has 1 aromatic carbocycles. The second kappa shape index (κ2) is 2.81. The summed E-state index contributed by atoms with van der Waals surface area (Å²) in [6.07, 6.45) is 0.840. The number of carbonyl (C=O) groups is 1. The molecule has 0 spiro atoms. The molecule has 0 aliphatic heterocycles. The number of hydrogen-bond acceptors (Lipinski definition) is 3. The number of halogens is 1. The van der Waals surface area contributed by atoms with Crippen LogP contribution in [0.25, 0.3) is 0 Å². The second-order valence-corrected chi connectivity index (χ2v) is 3.22. The fraction of sp³-hybridized carbons (Fsp3) is 0.200. The smallest absolute Gasteiger partial charge is 0.164 e. The zero-order chi connectivity index (χ0) is 10.3. The van der Waals surface area contributed by atoms with Gasteiger partial charge in [0.15, 0.2) is 5.78 Å². The molecule has 0 heterocycles. The molecule has 1 aliphatic rings. The molecule has 0 fully saturated rings. The van der Waals surface area contributed by atoms with Crippen molar-refractivity contribution < 1.29 is 9.18 Å². The van der Waals surface area contributed by atoms with Gasteiger partial charge >= 0.3 is 0 Å². The molecule has 2 rings (SSSR count). The lowest BCUT2D eigenvalue weighted by molar-refractivity contribution is 0.0994. The van der Waals surface area contributed by atoms with Crippen molar-refractivity contribution in [3.8, 4) is 6.07 Å². The predicted octanol–water partition coefficient (Wildman–Crippen LogP) is 1.41. The Labute approximate surface area is 79.9 Å². The Hall–Kier alpha value is -1.89. The third-order valence-electron chi connectivity index (χ3n) is 2.41. The van der Waals surface area contributed by atoms with Gasteiger partial charge in [-0.15, -0.1) is 0 Å². The molecule has 0 amide bonds. The number of nitrogens with two attached hydrogens (primary N) is 1. The van der Waals surface area contributed by atoms with Gasteiger partial charge in [-0.1, -0.05) is 0 Å². The van der Waals surface area contributed by atoms with E-state index in [1.54, 1.807) is 6.07 Å². The summed E-state index contributed by atoms with van der Waals surface area (Å²) in [5.41, 5.74) is 6.05. The Bertz CT molecular complexity index is 474. The van der Waals surface area contributed by atoms with Gasteiger partial charge in [0.05, 0.1) is 11.3 Å². The van der Waals surface area contributed by atoms with Gasteiger partial charge in [0.1, 0.15) is 11.9 Å². The van der Waals surface area contributed by atoms with Crippen molar-refractivity contribution in [1.29, 1.82) is 5.26 Å². The molecule has 0 saturated carbocycles. The Kier molecular flexibility index (Phi) is 1.74. The Balaban J connectivity index is 2.81. The molecule has 1 aromatic rings. The lowest BCUT2D eigenvalue weighted by Gasteiger charge is -2.04. The molecule has 1 aliphatic carbocycles. The molecular formula is C10H7FN2O. The van der Waals surface area contributed by atoms with Gasteiger partial charge in [0.25, 0.3) is 0 Å². The van der Waals surface area contributed by atoms with Crippen LogP contribution in [0.1, 0.15) is 27.9 Å².